The van der Waals surface area contributed by atoms with E-state index in [1.165, 1.54) is 25.7 Å². The summed E-state index contributed by atoms with van der Waals surface area (Å²) < 4.78 is 20.8. The van der Waals surface area contributed by atoms with E-state index in [2.05, 4.69) is 19.2 Å². The van der Waals surface area contributed by atoms with Gasteiger partial charge in [-0.25, -0.2) is 0 Å². The molecule has 0 heterocycles. The molecule has 0 saturated carbocycles. The van der Waals surface area contributed by atoms with Gasteiger partial charge in [0.05, 0.1) is 6.61 Å². The average molecular weight is 283 g/mol. The summed E-state index contributed by atoms with van der Waals surface area (Å²) in [6, 6.07) is 0. The minimum atomic E-state index is -1.91. The van der Waals surface area contributed by atoms with E-state index in [-0.39, 0.29) is 13.2 Å². The second-order valence-electron chi connectivity index (χ2n) is 3.98. The molecule has 102 valence electrons. The Balaban J connectivity index is 3.34. The summed E-state index contributed by atoms with van der Waals surface area (Å²) in [5.74, 6) is 0. The maximum absolute atomic E-state index is 10.6. The Kier molecular flexibility index (Phi) is 13.0. The van der Waals surface area contributed by atoms with Crippen LogP contribution in [-0.2, 0) is 13.8 Å². The van der Waals surface area contributed by atoms with Crippen LogP contribution in [-0.4, -0.2) is 31.0 Å². The molecular formula is C11H24O4PS+. The zero-order chi connectivity index (χ0) is 12.9. The lowest BCUT2D eigenvalue weighted by atomic mass is 10.1. The average Bonchev–Trinajstić information content (AvgIpc) is 2.31. The zero-order valence-corrected chi connectivity index (χ0v) is 12.3. The largest absolute Gasteiger partial charge is 0.582 e. The quantitative estimate of drug-likeness (QED) is 0.328. The van der Waals surface area contributed by atoms with Crippen LogP contribution >= 0.6 is 19.5 Å². The summed E-state index contributed by atoms with van der Waals surface area (Å²) in [5, 5.41) is 8.99. The highest BCUT2D eigenvalue weighted by molar-refractivity contribution is 8.39. The van der Waals surface area contributed by atoms with Gasteiger partial charge in [-0.15, -0.1) is 4.52 Å². The number of hydrogen-bond donors (Lipinski definition) is 2. The van der Waals surface area contributed by atoms with Crippen LogP contribution in [0.4, 0.5) is 0 Å². The number of thiol groups is 1. The molecule has 0 saturated heterocycles. The normalized spacial score (nSPS) is 13.7. The second-order valence-corrected chi connectivity index (χ2v) is 5.69. The van der Waals surface area contributed by atoms with Gasteiger partial charge < -0.3 is 9.84 Å². The fraction of sp³-hybridized carbons (Fsp3) is 1.00. The molecule has 17 heavy (non-hydrogen) atoms. The number of hydrogen-bond acceptors (Lipinski definition) is 4. The third-order valence-electron chi connectivity index (χ3n) is 2.43. The molecule has 0 aliphatic rings. The first-order chi connectivity index (χ1) is 8.20. The lowest BCUT2D eigenvalue weighted by Crippen LogP contribution is -2.23. The van der Waals surface area contributed by atoms with Gasteiger partial charge in [-0.05, 0) is 11.0 Å². The van der Waals surface area contributed by atoms with Crippen LogP contribution in [0.15, 0.2) is 0 Å². The molecule has 0 radical (unpaired) electrons. The van der Waals surface area contributed by atoms with Gasteiger partial charge in [0.15, 0.2) is 0 Å². The third kappa shape index (κ3) is 12.6. The molecule has 0 fully saturated rings. The first kappa shape index (κ1) is 17.3. The van der Waals surface area contributed by atoms with Crippen molar-refractivity contribution in [3.8, 4) is 0 Å². The van der Waals surface area contributed by atoms with Gasteiger partial charge in [-0.1, -0.05) is 39.0 Å². The van der Waals surface area contributed by atoms with E-state index in [1.807, 2.05) is 0 Å². The van der Waals surface area contributed by atoms with E-state index in [1.54, 1.807) is 0 Å². The van der Waals surface area contributed by atoms with E-state index >= 15 is 0 Å². The maximum atomic E-state index is 10.6. The van der Waals surface area contributed by atoms with Crippen molar-refractivity contribution in [2.75, 3.05) is 19.8 Å². The highest BCUT2D eigenvalue weighted by atomic mass is 32.7. The fourth-order valence-corrected chi connectivity index (χ4v) is 1.93. The predicted octanol–water partition coefficient (Wildman–Crippen LogP) is 3.33. The molecule has 0 aliphatic heterocycles. The van der Waals surface area contributed by atoms with Crippen LogP contribution in [0.5, 0.6) is 0 Å². The summed E-state index contributed by atoms with van der Waals surface area (Å²) in [6.45, 7) is 2.82. The molecule has 0 aromatic carbocycles. The molecule has 2 atom stereocenters. The van der Waals surface area contributed by atoms with Crippen molar-refractivity contribution in [2.24, 2.45) is 0 Å². The predicted molar refractivity (Wildman–Crippen MR) is 72.7 cm³/mol. The fourth-order valence-electron chi connectivity index (χ4n) is 1.43. The van der Waals surface area contributed by atoms with Gasteiger partial charge in [0, 0.05) is 6.61 Å². The number of unbranched alkanes of at least 4 members (excludes halogenated alkanes) is 5. The third-order valence-corrected chi connectivity index (χ3v) is 3.14. The van der Waals surface area contributed by atoms with Crippen LogP contribution < -0.4 is 0 Å². The summed E-state index contributed by atoms with van der Waals surface area (Å²) >= 11 is 3.62. The van der Waals surface area contributed by atoms with Gasteiger partial charge in [0.2, 0.25) is 0 Å². The molecule has 1 unspecified atom stereocenters. The van der Waals surface area contributed by atoms with Crippen molar-refractivity contribution < 1.29 is 18.9 Å². The van der Waals surface area contributed by atoms with E-state index in [4.69, 9.17) is 14.4 Å². The van der Waals surface area contributed by atoms with E-state index in [0.29, 0.717) is 6.61 Å². The first-order valence-electron chi connectivity index (χ1n) is 6.22. The summed E-state index contributed by atoms with van der Waals surface area (Å²) in [7, 11) is -1.91. The first-order valence-corrected chi connectivity index (χ1v) is 8.55. The van der Waals surface area contributed by atoms with Gasteiger partial charge in [-0.2, -0.15) is 0 Å². The Morgan fingerprint density at radius 1 is 1.24 bits per heavy atom. The summed E-state index contributed by atoms with van der Waals surface area (Å²) in [4.78, 5) is 0. The Morgan fingerprint density at radius 2 is 1.88 bits per heavy atom. The molecule has 0 spiro atoms. The van der Waals surface area contributed by atoms with Gasteiger partial charge in [0.25, 0.3) is 0 Å². The van der Waals surface area contributed by atoms with Crippen molar-refractivity contribution in [3.05, 3.63) is 0 Å². The number of ether oxygens (including phenoxy) is 1. The molecule has 0 amide bonds. The maximum Gasteiger partial charge on any atom is 0.582 e. The Hall–Kier alpha value is 0.330. The molecule has 0 rings (SSSR count). The molecule has 0 aromatic heterocycles. The molecule has 0 bridgehead atoms. The van der Waals surface area contributed by atoms with Crippen molar-refractivity contribution in [3.63, 3.8) is 0 Å². The van der Waals surface area contributed by atoms with Crippen molar-refractivity contribution in [1.82, 2.24) is 0 Å². The highest BCUT2D eigenvalue weighted by Crippen LogP contribution is 2.26. The van der Waals surface area contributed by atoms with Gasteiger partial charge in [0.1, 0.15) is 25.0 Å². The van der Waals surface area contributed by atoms with Crippen LogP contribution in [0.3, 0.4) is 0 Å². The minimum absolute atomic E-state index is 0.118. The SMILES string of the molecule is CCCCCCCCO[C@H](CO)CO[P+](=O)S. The minimum Gasteiger partial charge on any atom is -0.394 e. The summed E-state index contributed by atoms with van der Waals surface area (Å²) in [6.07, 6.45) is 6.82. The Labute approximate surface area is 110 Å². The van der Waals surface area contributed by atoms with Crippen LogP contribution in [0.2, 0.25) is 0 Å². The standard InChI is InChI=1S/C11H23O4PS/c1-2-3-4-5-6-7-8-14-11(9-12)10-15-16(13)17/h11-12H,2-10H2,1H3/p+1/t11-/m1/s1. The highest BCUT2D eigenvalue weighted by Gasteiger charge is 2.16. The molecule has 6 heteroatoms. The van der Waals surface area contributed by atoms with Gasteiger partial charge >= 0.3 is 7.23 Å². The number of aliphatic hydroxyl groups excluding tert-OH is 1. The van der Waals surface area contributed by atoms with Crippen LogP contribution in [0.25, 0.3) is 0 Å². The lowest BCUT2D eigenvalue weighted by molar-refractivity contribution is -0.0128. The number of rotatable bonds is 12. The summed E-state index contributed by atoms with van der Waals surface area (Å²) in [5.41, 5.74) is 0. The Morgan fingerprint density at radius 3 is 2.47 bits per heavy atom. The zero-order valence-electron chi connectivity index (χ0n) is 10.5. The Bertz CT molecular complexity index is 192. The van der Waals surface area contributed by atoms with E-state index in [9.17, 15) is 4.57 Å². The van der Waals surface area contributed by atoms with Crippen molar-refractivity contribution in [1.29, 1.82) is 0 Å². The molecular weight excluding hydrogens is 259 g/mol. The molecule has 0 aliphatic carbocycles. The monoisotopic (exact) mass is 283 g/mol. The number of aliphatic hydroxyl groups is 1. The molecule has 0 aromatic rings. The van der Waals surface area contributed by atoms with Crippen molar-refractivity contribution >= 4 is 19.5 Å². The second kappa shape index (κ2) is 12.8. The van der Waals surface area contributed by atoms with E-state index in [0.717, 1.165) is 12.8 Å². The van der Waals surface area contributed by atoms with Crippen molar-refractivity contribution in [2.45, 2.75) is 51.6 Å². The topological polar surface area (TPSA) is 55.8 Å². The lowest BCUT2D eigenvalue weighted by Gasteiger charge is -2.12. The van der Waals surface area contributed by atoms with Crippen LogP contribution in [0, 0.1) is 0 Å². The molecule has 1 N–H and O–H groups in total. The molecule has 4 nitrogen and oxygen atoms in total. The van der Waals surface area contributed by atoms with Gasteiger partial charge in [-0.3, -0.25) is 0 Å². The van der Waals surface area contributed by atoms with E-state index < -0.39 is 13.3 Å². The van der Waals surface area contributed by atoms with Crippen LogP contribution in [0.1, 0.15) is 45.4 Å². The smallest absolute Gasteiger partial charge is 0.394 e.